The topological polar surface area (TPSA) is 57.6 Å². The number of thiol groups is 1. The summed E-state index contributed by atoms with van der Waals surface area (Å²) in [5.74, 6) is -0.0868. The molecule has 0 saturated carbocycles. The minimum absolute atomic E-state index is 0.0310. The molecule has 1 amide bonds. The van der Waals surface area contributed by atoms with Gasteiger partial charge in [0.2, 0.25) is 5.91 Å². The molecule has 0 aliphatic carbocycles. The summed E-state index contributed by atoms with van der Waals surface area (Å²) in [6.45, 7) is 0.603. The lowest BCUT2D eigenvalue weighted by atomic mass is 10.1. The molecule has 1 N–H and O–H groups in total. The summed E-state index contributed by atoms with van der Waals surface area (Å²) in [5.41, 5.74) is 0.846. The van der Waals surface area contributed by atoms with Gasteiger partial charge in [-0.15, -0.1) is 0 Å². The Labute approximate surface area is 132 Å². The standard InChI is InChI=1S/C12H11Br2NO3S/c13-8-2-7(12(17)18)3-9(14)11(8)15-4-6(5-19)1-10(15)16/h2-3,6,19H,1,4-5H2,(H,17,18). The molecule has 7 heteroatoms. The Kier molecular flexibility index (Phi) is 4.58. The van der Waals surface area contributed by atoms with Gasteiger partial charge < -0.3 is 10.0 Å². The van der Waals surface area contributed by atoms with Gasteiger partial charge in [-0.05, 0) is 55.7 Å². The second-order valence-electron chi connectivity index (χ2n) is 4.35. The van der Waals surface area contributed by atoms with Crippen LogP contribution in [0.3, 0.4) is 0 Å². The van der Waals surface area contributed by atoms with Gasteiger partial charge >= 0.3 is 5.97 Å². The molecular formula is C12H11Br2NO3S. The predicted molar refractivity (Wildman–Crippen MR) is 83.1 cm³/mol. The Bertz CT molecular complexity index is 527. The normalized spacial score (nSPS) is 19.0. The largest absolute Gasteiger partial charge is 0.478 e. The number of halogens is 2. The molecule has 1 heterocycles. The Hall–Kier alpha value is -0.530. The van der Waals surface area contributed by atoms with Crippen LogP contribution in [0.1, 0.15) is 16.8 Å². The van der Waals surface area contributed by atoms with E-state index in [1.807, 2.05) is 0 Å². The van der Waals surface area contributed by atoms with E-state index >= 15 is 0 Å². The Balaban J connectivity index is 2.41. The summed E-state index contributed by atoms with van der Waals surface area (Å²) in [4.78, 5) is 24.6. The van der Waals surface area contributed by atoms with Gasteiger partial charge in [-0.25, -0.2) is 4.79 Å². The predicted octanol–water partition coefficient (Wildman–Crippen LogP) is 3.19. The molecule has 1 atom stereocenters. The Morgan fingerprint density at radius 3 is 2.42 bits per heavy atom. The van der Waals surface area contributed by atoms with Crippen molar-refractivity contribution in [1.82, 2.24) is 0 Å². The SMILES string of the molecule is O=C(O)c1cc(Br)c(N2CC(CS)CC2=O)c(Br)c1. The lowest BCUT2D eigenvalue weighted by Crippen LogP contribution is -2.25. The van der Waals surface area contributed by atoms with Crippen molar-refractivity contribution in [2.45, 2.75) is 6.42 Å². The lowest BCUT2D eigenvalue weighted by Gasteiger charge is -2.20. The number of rotatable bonds is 3. The highest BCUT2D eigenvalue weighted by Crippen LogP contribution is 2.38. The molecule has 4 nitrogen and oxygen atoms in total. The molecule has 1 fully saturated rings. The van der Waals surface area contributed by atoms with Crippen molar-refractivity contribution in [2.24, 2.45) is 5.92 Å². The molecule has 1 aromatic rings. The number of amides is 1. The molecule has 1 unspecified atom stereocenters. The number of aromatic carboxylic acids is 1. The van der Waals surface area contributed by atoms with Crippen LogP contribution >= 0.6 is 44.5 Å². The van der Waals surface area contributed by atoms with Crippen molar-refractivity contribution in [3.8, 4) is 0 Å². The van der Waals surface area contributed by atoms with Crippen molar-refractivity contribution in [3.63, 3.8) is 0 Å². The lowest BCUT2D eigenvalue weighted by molar-refractivity contribution is -0.117. The van der Waals surface area contributed by atoms with E-state index in [9.17, 15) is 9.59 Å². The van der Waals surface area contributed by atoms with Gasteiger partial charge in [-0.3, -0.25) is 4.79 Å². The van der Waals surface area contributed by atoms with Crippen LogP contribution in [0.4, 0.5) is 5.69 Å². The molecule has 2 rings (SSSR count). The van der Waals surface area contributed by atoms with Crippen LogP contribution in [0.15, 0.2) is 21.1 Å². The smallest absolute Gasteiger partial charge is 0.335 e. The van der Waals surface area contributed by atoms with E-state index in [0.717, 1.165) is 0 Å². The van der Waals surface area contributed by atoms with E-state index in [1.165, 1.54) is 12.1 Å². The molecule has 1 aliphatic heterocycles. The third-order valence-electron chi connectivity index (χ3n) is 3.00. The molecular weight excluding hydrogens is 398 g/mol. The summed E-state index contributed by atoms with van der Waals surface area (Å²) in [5, 5.41) is 8.99. The average molecular weight is 409 g/mol. The number of hydrogen-bond donors (Lipinski definition) is 2. The van der Waals surface area contributed by atoms with E-state index < -0.39 is 5.97 Å². The van der Waals surface area contributed by atoms with Crippen LogP contribution in [-0.4, -0.2) is 29.3 Å². The zero-order chi connectivity index (χ0) is 14.2. The van der Waals surface area contributed by atoms with Gasteiger partial charge in [-0.1, -0.05) is 0 Å². The number of carbonyl (C=O) groups excluding carboxylic acids is 1. The molecule has 102 valence electrons. The van der Waals surface area contributed by atoms with Gasteiger partial charge in [0.1, 0.15) is 0 Å². The maximum Gasteiger partial charge on any atom is 0.335 e. The van der Waals surface area contributed by atoms with Crippen LogP contribution in [0.25, 0.3) is 0 Å². The highest BCUT2D eigenvalue weighted by atomic mass is 79.9. The molecule has 1 saturated heterocycles. The van der Waals surface area contributed by atoms with Crippen molar-refractivity contribution in [2.75, 3.05) is 17.2 Å². The Morgan fingerprint density at radius 2 is 2.00 bits per heavy atom. The van der Waals surface area contributed by atoms with Gasteiger partial charge in [0, 0.05) is 21.9 Å². The van der Waals surface area contributed by atoms with E-state index in [-0.39, 0.29) is 17.4 Å². The van der Waals surface area contributed by atoms with Gasteiger partial charge in [0.15, 0.2) is 0 Å². The fourth-order valence-electron chi connectivity index (χ4n) is 2.07. The van der Waals surface area contributed by atoms with Crippen molar-refractivity contribution in [3.05, 3.63) is 26.6 Å². The third kappa shape index (κ3) is 2.98. The maximum absolute atomic E-state index is 12.0. The first-order chi connectivity index (χ1) is 8.93. The summed E-state index contributed by atoms with van der Waals surface area (Å²) in [6.07, 6.45) is 0.475. The number of carbonyl (C=O) groups is 2. The monoisotopic (exact) mass is 407 g/mol. The van der Waals surface area contributed by atoms with E-state index in [2.05, 4.69) is 44.5 Å². The van der Waals surface area contributed by atoms with E-state index in [0.29, 0.717) is 33.4 Å². The number of carboxylic acid groups (broad SMARTS) is 1. The van der Waals surface area contributed by atoms with Crippen molar-refractivity contribution >= 4 is 62.1 Å². The third-order valence-corrected chi connectivity index (χ3v) is 4.72. The van der Waals surface area contributed by atoms with E-state index in [1.54, 1.807) is 4.90 Å². The summed E-state index contributed by atoms with van der Waals surface area (Å²) >= 11 is 10.9. The highest BCUT2D eigenvalue weighted by Gasteiger charge is 2.32. The Morgan fingerprint density at radius 1 is 1.42 bits per heavy atom. The van der Waals surface area contributed by atoms with Crippen LogP contribution in [0.5, 0.6) is 0 Å². The van der Waals surface area contributed by atoms with Crippen LogP contribution in [0.2, 0.25) is 0 Å². The number of hydrogen-bond acceptors (Lipinski definition) is 3. The second kappa shape index (κ2) is 5.85. The quantitative estimate of drug-likeness (QED) is 0.755. The number of carboxylic acids is 1. The molecule has 1 aliphatic rings. The van der Waals surface area contributed by atoms with Crippen LogP contribution < -0.4 is 4.90 Å². The highest BCUT2D eigenvalue weighted by molar-refractivity contribution is 9.11. The first-order valence-electron chi connectivity index (χ1n) is 5.57. The minimum atomic E-state index is -1.01. The molecule has 0 aromatic heterocycles. The summed E-state index contributed by atoms with van der Waals surface area (Å²) < 4.78 is 1.18. The van der Waals surface area contributed by atoms with Crippen molar-refractivity contribution in [1.29, 1.82) is 0 Å². The molecule has 0 radical (unpaired) electrons. The number of benzene rings is 1. The van der Waals surface area contributed by atoms with E-state index in [4.69, 9.17) is 5.11 Å². The second-order valence-corrected chi connectivity index (χ2v) is 6.42. The summed E-state index contributed by atoms with van der Waals surface area (Å²) in [6, 6.07) is 3.01. The minimum Gasteiger partial charge on any atom is -0.478 e. The van der Waals surface area contributed by atoms with Gasteiger partial charge in [-0.2, -0.15) is 12.6 Å². The van der Waals surface area contributed by atoms with Crippen molar-refractivity contribution < 1.29 is 14.7 Å². The maximum atomic E-state index is 12.0. The van der Waals surface area contributed by atoms with Gasteiger partial charge in [0.05, 0.1) is 11.3 Å². The zero-order valence-electron chi connectivity index (χ0n) is 9.77. The van der Waals surface area contributed by atoms with Gasteiger partial charge in [0.25, 0.3) is 0 Å². The molecule has 19 heavy (non-hydrogen) atoms. The summed E-state index contributed by atoms with van der Waals surface area (Å²) in [7, 11) is 0. The first-order valence-corrected chi connectivity index (χ1v) is 7.79. The van der Waals surface area contributed by atoms with Crippen LogP contribution in [0, 0.1) is 5.92 Å². The fraction of sp³-hybridized carbons (Fsp3) is 0.333. The zero-order valence-corrected chi connectivity index (χ0v) is 13.8. The molecule has 1 aromatic carbocycles. The fourth-order valence-corrected chi connectivity index (χ4v) is 3.93. The molecule has 0 bridgehead atoms. The first kappa shape index (κ1) is 14.9. The van der Waals surface area contributed by atoms with Crippen LogP contribution in [-0.2, 0) is 4.79 Å². The number of nitrogens with zero attached hydrogens (tertiary/aromatic N) is 1. The number of anilines is 1. The average Bonchev–Trinajstić information content (AvgIpc) is 2.70. The molecule has 0 spiro atoms.